The van der Waals surface area contributed by atoms with E-state index < -0.39 is 13.4 Å². The summed E-state index contributed by atoms with van der Waals surface area (Å²) in [4.78, 5) is 0. The van der Waals surface area contributed by atoms with E-state index in [1.165, 1.54) is 25.6 Å². The van der Waals surface area contributed by atoms with Gasteiger partial charge in [-0.2, -0.15) is 0 Å². The van der Waals surface area contributed by atoms with Crippen LogP contribution in [0.5, 0.6) is 0 Å². The lowest BCUT2D eigenvalue weighted by atomic mass is 10.5. The van der Waals surface area contributed by atoms with E-state index in [0.29, 0.717) is 12.3 Å². The largest absolute Gasteiger partial charge is 0.406 e. The first kappa shape index (κ1) is 21.0. The van der Waals surface area contributed by atoms with E-state index >= 15 is 0 Å². The van der Waals surface area contributed by atoms with Gasteiger partial charge in [0.05, 0.1) is 12.2 Å². The van der Waals surface area contributed by atoms with Crippen LogP contribution in [0.2, 0.25) is 0 Å². The van der Waals surface area contributed by atoms with Gasteiger partial charge >= 0.3 is 7.75 Å². The number of hydrogen-bond donors (Lipinski definition) is 1. The monoisotopic (exact) mass is 365 g/mol. The van der Waals surface area contributed by atoms with Crippen molar-refractivity contribution in [2.24, 2.45) is 0 Å². The fraction of sp³-hybridized carbons (Fsp3) is 1.00. The highest BCUT2D eigenvalue weighted by Gasteiger charge is 2.27. The third-order valence-electron chi connectivity index (χ3n) is 1.80. The zero-order valence-electron chi connectivity index (χ0n) is 12.8. The molecule has 0 aromatic heterocycles. The highest BCUT2D eigenvalue weighted by atomic mass is 32.9. The fourth-order valence-corrected chi connectivity index (χ4v) is 6.05. The van der Waals surface area contributed by atoms with Crippen LogP contribution >= 0.6 is 24.8 Å². The van der Waals surface area contributed by atoms with E-state index in [0.717, 1.165) is 0 Å². The maximum absolute atomic E-state index is 12.5. The van der Waals surface area contributed by atoms with Crippen LogP contribution in [-0.4, -0.2) is 38.7 Å². The molecule has 0 aliphatic rings. The van der Waals surface area contributed by atoms with Gasteiger partial charge in [-0.05, 0) is 39.5 Å². The molecule has 0 aliphatic carbocycles. The molecule has 0 saturated heterocycles. The Balaban J connectivity index is 4.34. The minimum absolute atomic E-state index is 0.191. The Morgan fingerprint density at radius 3 is 1.90 bits per heavy atom. The molecule has 0 aromatic carbocycles. The minimum atomic E-state index is -3.30. The highest BCUT2D eigenvalue weighted by molar-refractivity contribution is 8.67. The van der Waals surface area contributed by atoms with Crippen LogP contribution in [0.3, 0.4) is 0 Å². The lowest BCUT2D eigenvalue weighted by Crippen LogP contribution is -2.21. The molecular weight excluding hydrogens is 340 g/mol. The zero-order chi connectivity index (χ0) is 15.8. The van der Waals surface area contributed by atoms with Gasteiger partial charge in [-0.1, -0.05) is 11.4 Å². The van der Waals surface area contributed by atoms with Crippen LogP contribution in [0.4, 0.5) is 0 Å². The first-order chi connectivity index (χ1) is 9.16. The molecule has 0 bridgehead atoms. The summed E-state index contributed by atoms with van der Waals surface area (Å²) in [6.45, 7) is 7.65. The summed E-state index contributed by atoms with van der Waals surface area (Å²) < 4.78 is 33.5. The van der Waals surface area contributed by atoms with Crippen LogP contribution < -0.4 is 5.09 Å². The van der Waals surface area contributed by atoms with Gasteiger partial charge in [0, 0.05) is 26.5 Å². The van der Waals surface area contributed by atoms with Gasteiger partial charge in [0.2, 0.25) is 5.69 Å². The fourth-order valence-electron chi connectivity index (χ4n) is 1.17. The smallest absolute Gasteiger partial charge is 0.325 e. The van der Waals surface area contributed by atoms with Gasteiger partial charge in [-0.25, -0.2) is 9.65 Å². The average molecular weight is 365 g/mol. The van der Waals surface area contributed by atoms with Crippen molar-refractivity contribution in [2.75, 3.05) is 26.5 Å². The van der Waals surface area contributed by atoms with Crippen LogP contribution in [-0.2, 0) is 34.5 Å². The van der Waals surface area contributed by atoms with Crippen molar-refractivity contribution in [3.8, 4) is 0 Å². The topological polar surface area (TPSA) is 66.0 Å². The Kier molecular flexibility index (Phi) is 10.4. The molecule has 10 heteroatoms. The van der Waals surface area contributed by atoms with Crippen molar-refractivity contribution in [2.45, 2.75) is 39.9 Å². The Morgan fingerprint density at radius 1 is 1.10 bits per heavy atom. The van der Waals surface area contributed by atoms with Gasteiger partial charge in [-0.15, -0.1) is 0 Å². The molecular formula is C10H25NO5P2S2. The van der Waals surface area contributed by atoms with E-state index in [4.69, 9.17) is 29.9 Å². The Hall–Kier alpha value is 1.03. The highest BCUT2D eigenvalue weighted by Crippen LogP contribution is 2.59. The molecule has 0 aliphatic heterocycles. The SMILES string of the molecule is COP(=S)(OC)SCCNP(=O)(OC(C)C)OC(C)C. The third kappa shape index (κ3) is 9.13. The van der Waals surface area contributed by atoms with Gasteiger partial charge in [0.25, 0.3) is 0 Å². The second-order valence-electron chi connectivity index (χ2n) is 4.36. The zero-order valence-corrected chi connectivity index (χ0v) is 16.2. The third-order valence-corrected chi connectivity index (χ3v) is 9.64. The van der Waals surface area contributed by atoms with E-state index in [1.54, 1.807) is 0 Å². The molecule has 20 heavy (non-hydrogen) atoms. The van der Waals surface area contributed by atoms with Crippen molar-refractivity contribution in [1.82, 2.24) is 5.09 Å². The van der Waals surface area contributed by atoms with Crippen molar-refractivity contribution >= 4 is 36.6 Å². The number of rotatable bonds is 11. The van der Waals surface area contributed by atoms with Crippen molar-refractivity contribution < 1.29 is 22.7 Å². The molecule has 6 nitrogen and oxygen atoms in total. The lowest BCUT2D eigenvalue weighted by molar-refractivity contribution is 0.136. The van der Waals surface area contributed by atoms with Gasteiger partial charge in [-0.3, -0.25) is 9.05 Å². The van der Waals surface area contributed by atoms with Gasteiger partial charge in [0.15, 0.2) is 0 Å². The summed E-state index contributed by atoms with van der Waals surface area (Å²) in [6.07, 6.45) is -0.383. The molecule has 0 spiro atoms. The van der Waals surface area contributed by atoms with E-state index in [-0.39, 0.29) is 12.2 Å². The van der Waals surface area contributed by atoms with Crippen LogP contribution in [0.1, 0.15) is 27.7 Å². The second kappa shape index (κ2) is 9.93. The Morgan fingerprint density at radius 2 is 1.55 bits per heavy atom. The maximum atomic E-state index is 12.5. The second-order valence-corrected chi connectivity index (χ2v) is 12.7. The molecule has 0 aromatic rings. The summed E-state index contributed by atoms with van der Waals surface area (Å²) in [5.74, 6) is 0.589. The van der Waals surface area contributed by atoms with E-state index in [2.05, 4.69) is 5.09 Å². The lowest BCUT2D eigenvalue weighted by Gasteiger charge is -2.23. The molecule has 0 radical (unpaired) electrons. The standard InChI is InChI=1S/C10H25NO5P2S2/c1-9(2)15-17(12,16-10(3)4)11-7-8-20-18(19,13-5)14-6/h9-10H,7-8H2,1-6H3,(H,11,12). The molecule has 0 atom stereocenters. The van der Waals surface area contributed by atoms with Crippen molar-refractivity contribution in [3.05, 3.63) is 0 Å². The molecule has 0 saturated carbocycles. The van der Waals surface area contributed by atoms with Crippen LogP contribution in [0.15, 0.2) is 0 Å². The van der Waals surface area contributed by atoms with Crippen molar-refractivity contribution in [1.29, 1.82) is 0 Å². The predicted molar refractivity (Wildman–Crippen MR) is 88.8 cm³/mol. The molecule has 0 amide bonds. The molecule has 0 unspecified atom stereocenters. The summed E-state index contributed by atoms with van der Waals surface area (Å²) in [6, 6.07) is 0. The Bertz CT molecular complexity index is 346. The first-order valence-corrected chi connectivity index (χ1v) is 12.0. The maximum Gasteiger partial charge on any atom is 0.406 e. The molecule has 1 N–H and O–H groups in total. The normalized spacial score (nSPS) is 13.4. The summed E-state index contributed by atoms with van der Waals surface area (Å²) in [5.41, 5.74) is -2.28. The van der Waals surface area contributed by atoms with Gasteiger partial charge in [0.1, 0.15) is 0 Å². The molecule has 122 valence electrons. The first-order valence-electron chi connectivity index (χ1n) is 6.24. The van der Waals surface area contributed by atoms with Crippen molar-refractivity contribution in [3.63, 3.8) is 0 Å². The van der Waals surface area contributed by atoms with E-state index in [1.807, 2.05) is 27.7 Å². The average Bonchev–Trinajstić information content (AvgIpc) is 2.32. The van der Waals surface area contributed by atoms with Gasteiger partial charge < -0.3 is 9.05 Å². The van der Waals surface area contributed by atoms with Crippen LogP contribution in [0, 0.1) is 0 Å². The molecule has 0 rings (SSSR count). The van der Waals surface area contributed by atoms with E-state index in [9.17, 15) is 4.57 Å². The number of nitrogens with one attached hydrogen (secondary N) is 1. The van der Waals surface area contributed by atoms with Crippen LogP contribution in [0.25, 0.3) is 0 Å². The number of hydrogen-bond acceptors (Lipinski definition) is 7. The summed E-state index contributed by atoms with van der Waals surface area (Å²) in [5, 5.41) is 2.83. The molecule has 0 fully saturated rings. The summed E-state index contributed by atoms with van der Waals surface area (Å²) >= 11 is 6.61. The molecule has 0 heterocycles. The minimum Gasteiger partial charge on any atom is -0.325 e. The quantitative estimate of drug-likeness (QED) is 0.438. The Labute approximate surface area is 131 Å². The summed E-state index contributed by atoms with van der Waals surface area (Å²) in [7, 11) is -0.243. The predicted octanol–water partition coefficient (Wildman–Crippen LogP) is 3.78.